The Labute approximate surface area is 104 Å². The zero-order valence-corrected chi connectivity index (χ0v) is 10.9. The van der Waals surface area contributed by atoms with Crippen LogP contribution in [0.1, 0.15) is 51.9 Å². The number of hydrogen-bond donors (Lipinski definition) is 1. The Kier molecular flexibility index (Phi) is 2.89. The summed E-state index contributed by atoms with van der Waals surface area (Å²) in [6, 6.07) is 0.590. The van der Waals surface area contributed by atoms with Gasteiger partial charge in [-0.1, -0.05) is 6.42 Å². The molecule has 3 rings (SSSR count). The van der Waals surface area contributed by atoms with Gasteiger partial charge in [0.1, 0.15) is 0 Å². The van der Waals surface area contributed by atoms with Crippen molar-refractivity contribution in [3.8, 4) is 0 Å². The van der Waals surface area contributed by atoms with Gasteiger partial charge in [0.15, 0.2) is 0 Å². The van der Waals surface area contributed by atoms with Crippen LogP contribution in [0.2, 0.25) is 0 Å². The quantitative estimate of drug-likeness (QED) is 0.794. The average Bonchev–Trinajstić information content (AvgIpc) is 3.01. The van der Waals surface area contributed by atoms with Crippen LogP contribution in [0.4, 0.5) is 0 Å². The molecule has 0 aromatic rings. The molecule has 1 N–H and O–H groups in total. The predicted molar refractivity (Wildman–Crippen MR) is 67.7 cm³/mol. The molecular weight excluding hydrogens is 212 g/mol. The molecule has 0 bridgehead atoms. The van der Waals surface area contributed by atoms with E-state index in [0.717, 1.165) is 25.2 Å². The van der Waals surface area contributed by atoms with Crippen molar-refractivity contribution in [3.05, 3.63) is 0 Å². The fraction of sp³-hybridized carbons (Fsp3) is 0.929. The van der Waals surface area contributed by atoms with Crippen molar-refractivity contribution in [2.75, 3.05) is 13.1 Å². The van der Waals surface area contributed by atoms with Crippen molar-refractivity contribution < 1.29 is 4.79 Å². The minimum atomic E-state index is 0.0480. The van der Waals surface area contributed by atoms with Gasteiger partial charge in [-0.05, 0) is 44.9 Å². The molecule has 2 atom stereocenters. The first-order chi connectivity index (χ1) is 8.17. The molecule has 96 valence electrons. The lowest BCUT2D eigenvalue weighted by Gasteiger charge is -2.38. The van der Waals surface area contributed by atoms with Crippen LogP contribution in [-0.4, -0.2) is 35.5 Å². The molecule has 3 fully saturated rings. The summed E-state index contributed by atoms with van der Waals surface area (Å²) in [6.07, 6.45) is 8.26. The lowest BCUT2D eigenvalue weighted by Crippen LogP contribution is -2.55. The van der Waals surface area contributed by atoms with Crippen molar-refractivity contribution in [2.45, 2.75) is 63.5 Å². The molecule has 1 saturated carbocycles. The number of hydrogen-bond acceptors (Lipinski definition) is 2. The molecule has 2 saturated heterocycles. The van der Waals surface area contributed by atoms with Gasteiger partial charge in [-0.15, -0.1) is 0 Å². The molecule has 2 heterocycles. The third-order valence-electron chi connectivity index (χ3n) is 4.84. The first-order valence-electron chi connectivity index (χ1n) is 7.22. The van der Waals surface area contributed by atoms with Crippen molar-refractivity contribution in [1.29, 1.82) is 0 Å². The fourth-order valence-corrected chi connectivity index (χ4v) is 3.60. The van der Waals surface area contributed by atoms with Gasteiger partial charge in [-0.25, -0.2) is 0 Å². The van der Waals surface area contributed by atoms with E-state index in [1.165, 1.54) is 38.8 Å². The van der Waals surface area contributed by atoms with Crippen molar-refractivity contribution in [1.82, 2.24) is 10.2 Å². The topological polar surface area (TPSA) is 32.3 Å². The van der Waals surface area contributed by atoms with E-state index >= 15 is 0 Å². The first kappa shape index (κ1) is 11.5. The van der Waals surface area contributed by atoms with Gasteiger partial charge in [0.25, 0.3) is 0 Å². The molecule has 3 nitrogen and oxygen atoms in total. The summed E-state index contributed by atoms with van der Waals surface area (Å²) in [5.74, 6) is 1.23. The molecule has 0 unspecified atom stereocenters. The van der Waals surface area contributed by atoms with Gasteiger partial charge in [-0.2, -0.15) is 0 Å². The van der Waals surface area contributed by atoms with Gasteiger partial charge >= 0.3 is 0 Å². The predicted octanol–water partition coefficient (Wildman–Crippen LogP) is 1.92. The minimum absolute atomic E-state index is 0.0480. The zero-order chi connectivity index (χ0) is 11.9. The molecule has 0 radical (unpaired) electrons. The highest BCUT2D eigenvalue weighted by Gasteiger charge is 2.45. The van der Waals surface area contributed by atoms with E-state index in [1.807, 2.05) is 0 Å². The van der Waals surface area contributed by atoms with E-state index in [9.17, 15) is 4.79 Å². The SMILES string of the molecule is C[C@@]12CCN(CC3CC3)[C@@H]1CCCCC(=O)N2. The van der Waals surface area contributed by atoms with Crippen LogP contribution in [-0.2, 0) is 4.79 Å². The lowest BCUT2D eigenvalue weighted by atomic mass is 9.87. The highest BCUT2D eigenvalue weighted by atomic mass is 16.1. The molecule has 2 aliphatic heterocycles. The second kappa shape index (κ2) is 4.27. The van der Waals surface area contributed by atoms with E-state index in [2.05, 4.69) is 17.1 Å². The minimum Gasteiger partial charge on any atom is -0.349 e. The summed E-state index contributed by atoms with van der Waals surface area (Å²) in [5, 5.41) is 3.30. The largest absolute Gasteiger partial charge is 0.349 e. The maximum Gasteiger partial charge on any atom is 0.220 e. The Morgan fingerprint density at radius 1 is 1.35 bits per heavy atom. The smallest absolute Gasteiger partial charge is 0.220 e. The number of amides is 1. The summed E-state index contributed by atoms with van der Waals surface area (Å²) in [4.78, 5) is 14.5. The lowest BCUT2D eigenvalue weighted by molar-refractivity contribution is -0.123. The summed E-state index contributed by atoms with van der Waals surface area (Å²) in [6.45, 7) is 4.71. The molecule has 1 aliphatic carbocycles. The fourth-order valence-electron chi connectivity index (χ4n) is 3.60. The Morgan fingerprint density at radius 3 is 2.94 bits per heavy atom. The van der Waals surface area contributed by atoms with E-state index in [0.29, 0.717) is 6.04 Å². The Hall–Kier alpha value is -0.570. The molecule has 0 aromatic carbocycles. The third-order valence-corrected chi connectivity index (χ3v) is 4.84. The molecule has 0 aromatic heterocycles. The summed E-state index contributed by atoms with van der Waals surface area (Å²) < 4.78 is 0. The van der Waals surface area contributed by atoms with Crippen molar-refractivity contribution in [2.24, 2.45) is 5.92 Å². The van der Waals surface area contributed by atoms with Gasteiger partial charge in [0, 0.05) is 25.6 Å². The molecular formula is C14H24N2O. The van der Waals surface area contributed by atoms with Crippen LogP contribution in [0.5, 0.6) is 0 Å². The third kappa shape index (κ3) is 2.35. The van der Waals surface area contributed by atoms with Crippen molar-refractivity contribution in [3.63, 3.8) is 0 Å². The van der Waals surface area contributed by atoms with E-state index in [1.54, 1.807) is 0 Å². The van der Waals surface area contributed by atoms with Gasteiger partial charge in [0.05, 0.1) is 5.54 Å². The normalized spacial score (nSPS) is 39.4. The molecule has 3 aliphatic rings. The summed E-state index contributed by atoms with van der Waals surface area (Å²) >= 11 is 0. The monoisotopic (exact) mass is 236 g/mol. The van der Waals surface area contributed by atoms with E-state index in [4.69, 9.17) is 0 Å². The molecule has 17 heavy (non-hydrogen) atoms. The van der Waals surface area contributed by atoms with Crippen LogP contribution in [0.3, 0.4) is 0 Å². The molecule has 3 heteroatoms. The van der Waals surface area contributed by atoms with Gasteiger partial charge in [-0.3, -0.25) is 9.69 Å². The van der Waals surface area contributed by atoms with Crippen molar-refractivity contribution >= 4 is 5.91 Å². The highest BCUT2D eigenvalue weighted by Crippen LogP contribution is 2.37. The Morgan fingerprint density at radius 2 is 2.18 bits per heavy atom. The second-order valence-electron chi connectivity index (χ2n) is 6.42. The van der Waals surface area contributed by atoms with Gasteiger partial charge < -0.3 is 5.32 Å². The van der Waals surface area contributed by atoms with Crippen LogP contribution in [0.25, 0.3) is 0 Å². The molecule has 0 spiro atoms. The Balaban J connectivity index is 1.72. The Bertz CT molecular complexity index is 313. The first-order valence-corrected chi connectivity index (χ1v) is 7.22. The van der Waals surface area contributed by atoms with Crippen LogP contribution < -0.4 is 5.32 Å². The number of carbonyl (C=O) groups is 1. The highest BCUT2D eigenvalue weighted by molar-refractivity contribution is 5.77. The van der Waals surface area contributed by atoms with Gasteiger partial charge in [0.2, 0.25) is 5.91 Å². The van der Waals surface area contributed by atoms with E-state index < -0.39 is 0 Å². The van der Waals surface area contributed by atoms with Crippen LogP contribution >= 0.6 is 0 Å². The number of rotatable bonds is 2. The van der Waals surface area contributed by atoms with E-state index in [-0.39, 0.29) is 11.4 Å². The maximum absolute atomic E-state index is 11.8. The number of nitrogens with one attached hydrogen (secondary N) is 1. The summed E-state index contributed by atoms with van der Waals surface area (Å²) in [5.41, 5.74) is 0.0480. The number of carbonyl (C=O) groups excluding carboxylic acids is 1. The summed E-state index contributed by atoms with van der Waals surface area (Å²) in [7, 11) is 0. The second-order valence-corrected chi connectivity index (χ2v) is 6.42. The molecule has 1 amide bonds. The zero-order valence-electron chi connectivity index (χ0n) is 10.9. The van der Waals surface area contributed by atoms with Crippen LogP contribution in [0, 0.1) is 5.92 Å². The number of fused-ring (bicyclic) bond motifs is 1. The van der Waals surface area contributed by atoms with Crippen LogP contribution in [0.15, 0.2) is 0 Å². The standard InChI is InChI=1S/C14H24N2O/c1-14-8-9-16(10-11-6-7-11)12(14)4-2-3-5-13(17)15-14/h11-12H,2-10H2,1H3,(H,15,17)/t12-,14-/m1/s1. The number of likely N-dealkylation sites (tertiary alicyclic amines) is 1. The maximum atomic E-state index is 11.8. The average molecular weight is 236 g/mol. The number of nitrogens with zero attached hydrogens (tertiary/aromatic N) is 1.